The fourth-order valence-corrected chi connectivity index (χ4v) is 3.04. The highest BCUT2D eigenvalue weighted by molar-refractivity contribution is 6.58. The Morgan fingerprint density at radius 3 is 2.73 bits per heavy atom. The SMILES string of the molecule is [B]C1=C[C@@]2(C)CCN(C)C2C([B])([B])C1=O. The molecule has 0 aromatic heterocycles. The number of hydrogen-bond donors (Lipinski definition) is 0. The molecule has 15 heavy (non-hydrogen) atoms. The molecule has 0 bridgehead atoms. The molecule has 1 aliphatic heterocycles. The van der Waals surface area contributed by atoms with Gasteiger partial charge in [-0.3, -0.25) is 4.79 Å². The lowest BCUT2D eigenvalue weighted by Crippen LogP contribution is -2.53. The molecular weight excluding hydrogens is 183 g/mol. The summed E-state index contributed by atoms with van der Waals surface area (Å²) in [6.07, 6.45) is 2.75. The van der Waals surface area contributed by atoms with Crippen molar-refractivity contribution in [3.8, 4) is 0 Å². The van der Waals surface area contributed by atoms with Crippen LogP contribution < -0.4 is 0 Å². The highest BCUT2D eigenvalue weighted by Gasteiger charge is 2.53. The van der Waals surface area contributed by atoms with Crippen LogP contribution in [0, 0.1) is 5.41 Å². The van der Waals surface area contributed by atoms with E-state index in [0.29, 0.717) is 0 Å². The number of carbonyl (C=O) groups is 1. The average Bonchev–Trinajstić information content (AvgIpc) is 2.39. The summed E-state index contributed by atoms with van der Waals surface area (Å²) in [5.74, 6) is -0.348. The molecule has 72 valence electrons. The van der Waals surface area contributed by atoms with Gasteiger partial charge in [0.2, 0.25) is 0 Å². The first-order valence-corrected chi connectivity index (χ1v) is 5.10. The number of likely N-dealkylation sites (tertiary alicyclic amines) is 1. The predicted octanol–water partition coefficient (Wildman–Crippen LogP) is -0.215. The summed E-state index contributed by atoms with van der Waals surface area (Å²) >= 11 is 0. The Bertz CT molecular complexity index is 353. The van der Waals surface area contributed by atoms with Gasteiger partial charge in [-0.25, -0.2) is 0 Å². The van der Waals surface area contributed by atoms with E-state index in [1.807, 2.05) is 18.0 Å². The number of allylic oxidation sites excluding steroid dienone is 1. The lowest BCUT2D eigenvalue weighted by Gasteiger charge is -2.47. The number of carbonyl (C=O) groups excluding carboxylic acids is 1. The molecule has 6 radical (unpaired) electrons. The topological polar surface area (TPSA) is 20.3 Å². The normalized spacial score (nSPS) is 40.0. The van der Waals surface area contributed by atoms with E-state index < -0.39 is 5.21 Å². The maximum Gasteiger partial charge on any atom is 0.139 e. The van der Waals surface area contributed by atoms with Gasteiger partial charge in [-0.15, -0.1) is 0 Å². The van der Waals surface area contributed by atoms with Crippen molar-refractivity contribution in [1.82, 2.24) is 4.90 Å². The quantitative estimate of drug-likeness (QED) is 0.498. The Morgan fingerprint density at radius 1 is 1.53 bits per heavy atom. The van der Waals surface area contributed by atoms with E-state index in [2.05, 4.69) is 6.92 Å². The van der Waals surface area contributed by atoms with Crippen molar-refractivity contribution in [3.63, 3.8) is 0 Å². The average molecular weight is 195 g/mol. The van der Waals surface area contributed by atoms with Crippen LogP contribution in [0.5, 0.6) is 0 Å². The lowest BCUT2D eigenvalue weighted by molar-refractivity contribution is -0.118. The molecule has 1 heterocycles. The number of rotatable bonds is 0. The van der Waals surface area contributed by atoms with Crippen molar-refractivity contribution in [2.45, 2.75) is 24.6 Å². The largest absolute Gasteiger partial charge is 0.303 e. The van der Waals surface area contributed by atoms with Gasteiger partial charge < -0.3 is 4.90 Å². The highest BCUT2D eigenvalue weighted by atomic mass is 16.1. The molecule has 2 nitrogen and oxygen atoms in total. The van der Waals surface area contributed by atoms with E-state index in [0.717, 1.165) is 13.0 Å². The van der Waals surface area contributed by atoms with Gasteiger partial charge in [-0.2, -0.15) is 0 Å². The Labute approximate surface area is 94.7 Å². The van der Waals surface area contributed by atoms with Crippen molar-refractivity contribution in [2.75, 3.05) is 13.6 Å². The number of Topliss-reactive ketones (excluding diaryl/α,β-unsaturated/α-hetero) is 1. The smallest absolute Gasteiger partial charge is 0.139 e. The first kappa shape index (κ1) is 11.1. The minimum atomic E-state index is -1.36. The van der Waals surface area contributed by atoms with Crippen molar-refractivity contribution in [2.24, 2.45) is 5.41 Å². The zero-order valence-corrected chi connectivity index (χ0v) is 9.16. The third kappa shape index (κ3) is 1.36. The molecule has 2 rings (SSSR count). The van der Waals surface area contributed by atoms with Gasteiger partial charge in [-0.1, -0.05) is 18.5 Å². The molecule has 0 saturated carbocycles. The van der Waals surface area contributed by atoms with Crippen LogP contribution in [0.15, 0.2) is 11.5 Å². The molecule has 2 atom stereocenters. The molecule has 0 aromatic rings. The van der Waals surface area contributed by atoms with Crippen LogP contribution >= 0.6 is 0 Å². The standard InChI is InChI=1S/C10H12B3NO/c1-9-3-4-14(2)8(9)10(12,13)7(15)6(11)5-9/h5,8H,3-4H2,1-2H3/t8?,9-/m1/s1. The Hall–Kier alpha value is -0.435. The van der Waals surface area contributed by atoms with Crippen molar-refractivity contribution < 1.29 is 4.79 Å². The summed E-state index contributed by atoms with van der Waals surface area (Å²) in [6.45, 7) is 2.93. The van der Waals surface area contributed by atoms with E-state index in [-0.39, 0.29) is 22.7 Å². The van der Waals surface area contributed by atoms with E-state index >= 15 is 0 Å². The van der Waals surface area contributed by atoms with E-state index in [1.165, 1.54) is 0 Å². The van der Waals surface area contributed by atoms with Gasteiger partial charge in [0.15, 0.2) is 0 Å². The number of fused-ring (bicyclic) bond motifs is 1. The van der Waals surface area contributed by atoms with E-state index in [4.69, 9.17) is 23.5 Å². The minimum absolute atomic E-state index is 0.162. The summed E-state index contributed by atoms with van der Waals surface area (Å²) in [7, 11) is 19.5. The first-order chi connectivity index (χ1) is 6.79. The fourth-order valence-electron chi connectivity index (χ4n) is 3.04. The Morgan fingerprint density at radius 2 is 2.13 bits per heavy atom. The zero-order valence-electron chi connectivity index (χ0n) is 9.16. The summed E-state index contributed by atoms with van der Waals surface area (Å²) in [5.41, 5.74) is 0.0185. The molecule has 1 fully saturated rings. The van der Waals surface area contributed by atoms with Crippen LogP contribution in [0.25, 0.3) is 0 Å². The summed E-state index contributed by atoms with van der Waals surface area (Å²) in [4.78, 5) is 13.8. The van der Waals surface area contributed by atoms with Gasteiger partial charge in [0.1, 0.15) is 13.6 Å². The molecule has 0 N–H and O–H groups in total. The van der Waals surface area contributed by atoms with Crippen LogP contribution in [0.2, 0.25) is 5.21 Å². The van der Waals surface area contributed by atoms with E-state index in [9.17, 15) is 4.79 Å². The van der Waals surface area contributed by atoms with Crippen LogP contribution in [-0.4, -0.2) is 53.9 Å². The molecule has 0 aromatic carbocycles. The first-order valence-electron chi connectivity index (χ1n) is 5.10. The second kappa shape index (κ2) is 3.03. The van der Waals surface area contributed by atoms with Crippen LogP contribution in [0.3, 0.4) is 0 Å². The van der Waals surface area contributed by atoms with Crippen LogP contribution in [-0.2, 0) is 4.79 Å². The second-order valence-corrected chi connectivity index (χ2v) is 5.00. The molecule has 5 heteroatoms. The minimum Gasteiger partial charge on any atom is -0.303 e. The van der Waals surface area contributed by atoms with Crippen molar-refractivity contribution in [1.29, 1.82) is 0 Å². The predicted molar refractivity (Wildman–Crippen MR) is 62.2 cm³/mol. The van der Waals surface area contributed by atoms with E-state index in [1.54, 1.807) is 0 Å². The Kier molecular flexibility index (Phi) is 2.24. The van der Waals surface area contributed by atoms with Crippen LogP contribution in [0.1, 0.15) is 13.3 Å². The third-order valence-corrected chi connectivity index (χ3v) is 3.66. The van der Waals surface area contributed by atoms with Crippen molar-refractivity contribution >= 4 is 29.3 Å². The molecule has 0 amide bonds. The Balaban J connectivity index is 2.54. The third-order valence-electron chi connectivity index (χ3n) is 3.66. The molecular formula is C10H12B3NO. The maximum atomic E-state index is 11.8. The molecule has 1 aliphatic carbocycles. The van der Waals surface area contributed by atoms with Gasteiger partial charge in [-0.05, 0) is 25.2 Å². The molecule has 2 aliphatic rings. The number of ketones is 1. The van der Waals surface area contributed by atoms with Gasteiger partial charge in [0, 0.05) is 11.5 Å². The summed E-state index contributed by atoms with van der Waals surface area (Å²) < 4.78 is 0. The monoisotopic (exact) mass is 195 g/mol. The summed E-state index contributed by atoms with van der Waals surface area (Å²) in [5, 5.41) is -1.36. The zero-order chi connectivity index (χ0) is 11.4. The highest BCUT2D eigenvalue weighted by Crippen LogP contribution is 2.51. The van der Waals surface area contributed by atoms with Gasteiger partial charge in [0.25, 0.3) is 0 Å². The number of hydrogen-bond acceptors (Lipinski definition) is 2. The lowest BCUT2D eigenvalue weighted by atomic mass is 9.40. The number of nitrogens with zero attached hydrogens (tertiary/aromatic N) is 1. The van der Waals surface area contributed by atoms with Crippen molar-refractivity contribution in [3.05, 3.63) is 11.5 Å². The van der Waals surface area contributed by atoms with Crippen LogP contribution in [0.4, 0.5) is 0 Å². The molecule has 1 saturated heterocycles. The van der Waals surface area contributed by atoms with Gasteiger partial charge in [0.05, 0.1) is 15.7 Å². The molecule has 1 unspecified atom stereocenters. The second-order valence-electron chi connectivity index (χ2n) is 5.00. The van der Waals surface area contributed by atoms with Gasteiger partial charge >= 0.3 is 0 Å². The molecule has 0 spiro atoms. The fraction of sp³-hybridized carbons (Fsp3) is 0.700. The maximum absolute atomic E-state index is 11.8. The summed E-state index contributed by atoms with van der Waals surface area (Å²) in [6, 6.07) is -0.162.